The van der Waals surface area contributed by atoms with Crippen molar-refractivity contribution in [3.05, 3.63) is 39.9 Å². The summed E-state index contributed by atoms with van der Waals surface area (Å²) in [5, 5.41) is 10.1. The smallest absolute Gasteiger partial charge is 0.246 e. The molecule has 1 N–H and O–H groups in total. The van der Waals surface area contributed by atoms with Crippen LogP contribution >= 0.6 is 23.2 Å². The van der Waals surface area contributed by atoms with E-state index in [9.17, 15) is 9.90 Å². The molecule has 1 saturated heterocycles. The molecule has 2 rings (SSSR count). The fraction of sp³-hybridized carbons (Fsp3) is 0.357. The maximum Gasteiger partial charge on any atom is 0.246 e. The third-order valence-corrected chi connectivity index (χ3v) is 3.97. The van der Waals surface area contributed by atoms with E-state index >= 15 is 0 Å². The molecule has 0 saturated carbocycles. The molecule has 19 heavy (non-hydrogen) atoms. The van der Waals surface area contributed by atoms with Gasteiger partial charge in [-0.05, 0) is 36.6 Å². The second-order valence-electron chi connectivity index (χ2n) is 4.52. The Morgan fingerprint density at radius 2 is 2.21 bits per heavy atom. The summed E-state index contributed by atoms with van der Waals surface area (Å²) in [6.45, 7) is 0.724. The van der Waals surface area contributed by atoms with Crippen LogP contribution < -0.4 is 0 Å². The number of amides is 1. The van der Waals surface area contributed by atoms with Crippen LogP contribution in [0.5, 0.6) is 0 Å². The Morgan fingerprint density at radius 3 is 2.89 bits per heavy atom. The fourth-order valence-corrected chi connectivity index (χ4v) is 2.50. The average Bonchev–Trinajstić information content (AvgIpc) is 2.88. The number of benzene rings is 1. The van der Waals surface area contributed by atoms with Gasteiger partial charge in [-0.3, -0.25) is 4.79 Å². The molecule has 0 bridgehead atoms. The minimum atomic E-state index is -0.0809. The highest BCUT2D eigenvalue weighted by atomic mass is 35.5. The summed E-state index contributed by atoms with van der Waals surface area (Å²) in [6, 6.07) is 5.15. The topological polar surface area (TPSA) is 40.5 Å². The van der Waals surface area contributed by atoms with Crippen LogP contribution in [-0.2, 0) is 4.79 Å². The molecule has 1 aliphatic heterocycles. The van der Waals surface area contributed by atoms with Crippen molar-refractivity contribution in [2.75, 3.05) is 13.2 Å². The quantitative estimate of drug-likeness (QED) is 0.872. The molecule has 0 aromatic heterocycles. The van der Waals surface area contributed by atoms with E-state index in [-0.39, 0.29) is 18.6 Å². The summed E-state index contributed by atoms with van der Waals surface area (Å²) >= 11 is 11.7. The highest BCUT2D eigenvalue weighted by molar-refractivity contribution is 6.42. The molecule has 1 atom stereocenters. The third kappa shape index (κ3) is 3.50. The van der Waals surface area contributed by atoms with Gasteiger partial charge in [0.05, 0.1) is 22.7 Å². The number of hydrogen-bond donors (Lipinski definition) is 1. The Bertz CT molecular complexity index is 502. The average molecular weight is 300 g/mol. The molecule has 102 valence electrons. The molecule has 5 heteroatoms. The van der Waals surface area contributed by atoms with E-state index < -0.39 is 0 Å². The van der Waals surface area contributed by atoms with Crippen LogP contribution in [0.1, 0.15) is 18.4 Å². The number of carbonyl (C=O) groups excluding carboxylic acids is 1. The third-order valence-electron chi connectivity index (χ3n) is 3.23. The van der Waals surface area contributed by atoms with Crippen LogP contribution in [0.25, 0.3) is 6.08 Å². The number of carbonyl (C=O) groups is 1. The molecule has 0 unspecified atom stereocenters. The first kappa shape index (κ1) is 14.4. The van der Waals surface area contributed by atoms with Gasteiger partial charge in [-0.2, -0.15) is 0 Å². The summed E-state index contributed by atoms with van der Waals surface area (Å²) < 4.78 is 0. The predicted octanol–water partition coefficient (Wildman–Crippen LogP) is 2.99. The second-order valence-corrected chi connectivity index (χ2v) is 5.33. The molecular weight excluding hydrogens is 285 g/mol. The molecule has 1 aliphatic rings. The Hall–Kier alpha value is -1.03. The Balaban J connectivity index is 2.05. The van der Waals surface area contributed by atoms with Gasteiger partial charge in [0.1, 0.15) is 0 Å². The van der Waals surface area contributed by atoms with Gasteiger partial charge in [-0.1, -0.05) is 29.3 Å². The van der Waals surface area contributed by atoms with Gasteiger partial charge in [0, 0.05) is 12.6 Å². The summed E-state index contributed by atoms with van der Waals surface area (Å²) in [4.78, 5) is 13.7. The van der Waals surface area contributed by atoms with Crippen LogP contribution in [0.3, 0.4) is 0 Å². The van der Waals surface area contributed by atoms with E-state index in [1.807, 2.05) is 0 Å². The van der Waals surface area contributed by atoms with Crippen molar-refractivity contribution in [3.63, 3.8) is 0 Å². The van der Waals surface area contributed by atoms with Crippen molar-refractivity contribution in [3.8, 4) is 0 Å². The number of aliphatic hydroxyl groups is 1. The van der Waals surface area contributed by atoms with E-state index in [2.05, 4.69) is 0 Å². The van der Waals surface area contributed by atoms with E-state index in [4.69, 9.17) is 23.2 Å². The molecule has 1 amide bonds. The minimum absolute atomic E-state index is 0.0202. The standard InChI is InChI=1S/C14H15Cl2NO2/c15-12-5-3-10(8-13(12)16)4-6-14(19)17-7-1-2-11(17)9-18/h3-6,8,11,18H,1-2,7,9H2/t11-/m0/s1. The lowest BCUT2D eigenvalue weighted by Gasteiger charge is -2.21. The van der Waals surface area contributed by atoms with Crippen LogP contribution in [-0.4, -0.2) is 35.1 Å². The van der Waals surface area contributed by atoms with Gasteiger partial charge in [0.2, 0.25) is 5.91 Å². The van der Waals surface area contributed by atoms with Crippen LogP contribution in [0, 0.1) is 0 Å². The van der Waals surface area contributed by atoms with Gasteiger partial charge >= 0.3 is 0 Å². The second kappa shape index (κ2) is 6.42. The van der Waals surface area contributed by atoms with Crippen molar-refractivity contribution in [2.24, 2.45) is 0 Å². The van der Waals surface area contributed by atoms with E-state index in [1.54, 1.807) is 29.2 Å². The van der Waals surface area contributed by atoms with Gasteiger partial charge in [-0.25, -0.2) is 0 Å². The zero-order valence-electron chi connectivity index (χ0n) is 10.4. The first-order chi connectivity index (χ1) is 9.11. The van der Waals surface area contributed by atoms with E-state index in [0.29, 0.717) is 16.6 Å². The van der Waals surface area contributed by atoms with E-state index in [1.165, 1.54) is 6.08 Å². The lowest BCUT2D eigenvalue weighted by molar-refractivity contribution is -0.127. The van der Waals surface area contributed by atoms with Crippen LogP contribution in [0.15, 0.2) is 24.3 Å². The number of likely N-dealkylation sites (tertiary alicyclic amines) is 1. The summed E-state index contributed by atoms with van der Waals surface area (Å²) in [6.07, 6.45) is 5.02. The van der Waals surface area contributed by atoms with Crippen molar-refractivity contribution in [1.29, 1.82) is 0 Å². The van der Waals surface area contributed by atoms with Gasteiger partial charge in [0.15, 0.2) is 0 Å². The van der Waals surface area contributed by atoms with Crippen molar-refractivity contribution < 1.29 is 9.90 Å². The zero-order valence-corrected chi connectivity index (χ0v) is 11.9. The van der Waals surface area contributed by atoms with Gasteiger partial charge in [-0.15, -0.1) is 0 Å². The molecule has 1 fully saturated rings. The molecule has 0 radical (unpaired) electrons. The Labute approximate surface area is 122 Å². The van der Waals surface area contributed by atoms with Gasteiger partial charge in [0.25, 0.3) is 0 Å². The van der Waals surface area contributed by atoms with Gasteiger partial charge < -0.3 is 10.0 Å². The zero-order chi connectivity index (χ0) is 13.8. The number of hydrogen-bond acceptors (Lipinski definition) is 2. The number of aliphatic hydroxyl groups excluding tert-OH is 1. The van der Waals surface area contributed by atoms with Crippen molar-refractivity contribution in [1.82, 2.24) is 4.90 Å². The lowest BCUT2D eigenvalue weighted by Crippen LogP contribution is -2.36. The molecule has 1 aromatic carbocycles. The molecule has 3 nitrogen and oxygen atoms in total. The normalized spacial score (nSPS) is 19.3. The van der Waals surface area contributed by atoms with Crippen LogP contribution in [0.4, 0.5) is 0 Å². The number of rotatable bonds is 3. The molecule has 0 spiro atoms. The molecular formula is C14H15Cl2NO2. The molecule has 1 heterocycles. The first-order valence-electron chi connectivity index (χ1n) is 6.16. The SMILES string of the molecule is O=C(C=Cc1ccc(Cl)c(Cl)c1)N1CCC[C@H]1CO. The summed E-state index contributed by atoms with van der Waals surface area (Å²) in [5.74, 6) is -0.0809. The lowest BCUT2D eigenvalue weighted by atomic mass is 10.2. The largest absolute Gasteiger partial charge is 0.394 e. The molecule has 1 aromatic rings. The minimum Gasteiger partial charge on any atom is -0.394 e. The summed E-state index contributed by atoms with van der Waals surface area (Å²) in [7, 11) is 0. The van der Waals surface area contributed by atoms with Crippen molar-refractivity contribution >= 4 is 35.2 Å². The number of nitrogens with zero attached hydrogens (tertiary/aromatic N) is 1. The highest BCUT2D eigenvalue weighted by Crippen LogP contribution is 2.23. The fourth-order valence-electron chi connectivity index (χ4n) is 2.19. The Kier molecular flexibility index (Phi) is 4.86. The number of halogens is 2. The van der Waals surface area contributed by atoms with Crippen molar-refractivity contribution in [2.45, 2.75) is 18.9 Å². The summed E-state index contributed by atoms with van der Waals surface area (Å²) in [5.41, 5.74) is 0.822. The predicted molar refractivity (Wildman–Crippen MR) is 77.3 cm³/mol. The van der Waals surface area contributed by atoms with E-state index in [0.717, 1.165) is 18.4 Å². The Morgan fingerprint density at radius 1 is 1.42 bits per heavy atom. The maximum absolute atomic E-state index is 12.0. The maximum atomic E-state index is 12.0. The highest BCUT2D eigenvalue weighted by Gasteiger charge is 2.26. The monoisotopic (exact) mass is 299 g/mol. The first-order valence-corrected chi connectivity index (χ1v) is 6.92. The molecule has 0 aliphatic carbocycles. The van der Waals surface area contributed by atoms with Crippen LogP contribution in [0.2, 0.25) is 10.0 Å².